The summed E-state index contributed by atoms with van der Waals surface area (Å²) in [5.41, 5.74) is 10.1. The van der Waals surface area contributed by atoms with Crippen LogP contribution in [0.1, 0.15) is 52.5 Å². The number of aliphatic imine (C=N–C) groups is 1. The zero-order valence-corrected chi connectivity index (χ0v) is 28.1. The molecule has 1 fully saturated rings. The summed E-state index contributed by atoms with van der Waals surface area (Å²) in [6.45, 7) is 1.02. The highest BCUT2D eigenvalue weighted by molar-refractivity contribution is 6.34. The number of anilines is 1. The maximum absolute atomic E-state index is 14.6. The molecule has 11 nitrogen and oxygen atoms in total. The van der Waals surface area contributed by atoms with E-state index in [1.165, 1.54) is 44.7 Å². The Kier molecular flexibility index (Phi) is 8.91. The van der Waals surface area contributed by atoms with Gasteiger partial charge in [0.1, 0.15) is 34.8 Å². The van der Waals surface area contributed by atoms with Gasteiger partial charge in [0.25, 0.3) is 5.91 Å². The first-order valence-electron chi connectivity index (χ1n) is 15.5. The Morgan fingerprint density at radius 2 is 1.88 bits per heavy atom. The lowest BCUT2D eigenvalue weighted by molar-refractivity contribution is -0.123. The third kappa shape index (κ3) is 6.07. The van der Waals surface area contributed by atoms with Crippen LogP contribution in [-0.4, -0.2) is 61.3 Å². The fourth-order valence-electron chi connectivity index (χ4n) is 5.72. The number of nitrogens with zero attached hydrogens (tertiary/aromatic N) is 2. The maximum Gasteiger partial charge on any atom is 0.251 e. The van der Waals surface area contributed by atoms with E-state index in [9.17, 15) is 23.5 Å². The zero-order chi connectivity index (χ0) is 36.0. The average Bonchev–Trinajstić information content (AvgIpc) is 3.75. The molecule has 14 heteroatoms. The van der Waals surface area contributed by atoms with Gasteiger partial charge >= 0.3 is 0 Å². The van der Waals surface area contributed by atoms with Crippen molar-refractivity contribution in [2.75, 3.05) is 33.1 Å². The Morgan fingerprint density at radius 1 is 1.16 bits per heavy atom. The second-order valence-electron chi connectivity index (χ2n) is 12.4. The number of carbonyl (C=O) groups is 2. The number of benzene rings is 3. The lowest BCUT2D eigenvalue weighted by Gasteiger charge is -2.30. The van der Waals surface area contributed by atoms with Crippen LogP contribution in [0.25, 0.3) is 11.3 Å². The summed E-state index contributed by atoms with van der Waals surface area (Å²) in [6, 6.07) is 15.3. The Bertz CT molecular complexity index is 2040. The number of halogens is 3. The molecule has 2 atom stereocenters. The third-order valence-electron chi connectivity index (χ3n) is 9.06. The molecule has 260 valence electrons. The lowest BCUT2D eigenvalue weighted by Crippen LogP contribution is -2.43. The van der Waals surface area contributed by atoms with E-state index in [0.29, 0.717) is 24.0 Å². The topological polar surface area (TPSA) is 171 Å². The molecule has 1 aromatic heterocycles. The summed E-state index contributed by atoms with van der Waals surface area (Å²) in [6.07, 6.45) is 1.86. The molecular formula is C36H34ClF2N5O6. The Hall–Kier alpha value is -5.27. The summed E-state index contributed by atoms with van der Waals surface area (Å²) in [5, 5.41) is 15.2. The first-order valence-corrected chi connectivity index (χ1v) is 15.9. The van der Waals surface area contributed by atoms with Crippen molar-refractivity contribution in [3.05, 3.63) is 99.5 Å². The van der Waals surface area contributed by atoms with Gasteiger partial charge in [-0.1, -0.05) is 41.9 Å². The van der Waals surface area contributed by atoms with Gasteiger partial charge in [-0.15, -0.1) is 0 Å². The molecule has 2 amide bonds. The van der Waals surface area contributed by atoms with Crippen LogP contribution in [0.4, 0.5) is 14.5 Å². The minimum Gasteiger partial charge on any atom is -0.495 e. The SMILES string of the molecule is COc1cc(C(=O)NC[C@@](O)(c2ccccc2)c2cc3c(c(-c4ccc(F)c(OC)c4Cl)n2)OC[C@]3(C)C(N)=O)cc(/C=N/C2(F)CC2)c1N. The Morgan fingerprint density at radius 3 is 2.52 bits per heavy atom. The monoisotopic (exact) mass is 705 g/mol. The molecule has 1 aliphatic carbocycles. The molecule has 0 spiro atoms. The fraction of sp³-hybridized carbons (Fsp3) is 0.278. The quantitative estimate of drug-likeness (QED) is 0.0978. The number of hydrogen-bond donors (Lipinski definition) is 4. The number of hydrogen-bond acceptors (Lipinski definition) is 9. The number of ether oxygens (including phenoxy) is 3. The summed E-state index contributed by atoms with van der Waals surface area (Å²) < 4.78 is 45.4. The van der Waals surface area contributed by atoms with Crippen molar-refractivity contribution in [2.24, 2.45) is 10.7 Å². The van der Waals surface area contributed by atoms with E-state index in [4.69, 9.17) is 42.3 Å². The van der Waals surface area contributed by atoms with Crippen molar-refractivity contribution >= 4 is 35.3 Å². The first-order chi connectivity index (χ1) is 23.7. The number of carbonyl (C=O) groups excluding carboxylic acids is 2. The van der Waals surface area contributed by atoms with Gasteiger partial charge in [-0.05, 0) is 42.8 Å². The van der Waals surface area contributed by atoms with E-state index in [0.717, 1.165) is 6.07 Å². The summed E-state index contributed by atoms with van der Waals surface area (Å²) in [4.78, 5) is 35.3. The number of nitrogen functional groups attached to an aromatic ring is 1. The molecule has 6 N–H and O–H groups in total. The van der Waals surface area contributed by atoms with Crippen LogP contribution < -0.4 is 31.0 Å². The zero-order valence-electron chi connectivity index (χ0n) is 27.4. The van der Waals surface area contributed by atoms with Crippen LogP contribution >= 0.6 is 11.6 Å². The lowest BCUT2D eigenvalue weighted by atomic mass is 9.80. The number of fused-ring (bicyclic) bond motifs is 1. The van der Waals surface area contributed by atoms with Crippen LogP contribution in [0.2, 0.25) is 5.02 Å². The van der Waals surface area contributed by atoms with Gasteiger partial charge in [-0.2, -0.15) is 0 Å². The number of aromatic nitrogens is 1. The van der Waals surface area contributed by atoms with Gasteiger partial charge in [0.05, 0.1) is 37.2 Å². The van der Waals surface area contributed by atoms with E-state index in [-0.39, 0.29) is 62.6 Å². The number of nitrogens with two attached hydrogens (primary N) is 2. The van der Waals surface area contributed by atoms with Crippen LogP contribution in [0.5, 0.6) is 17.2 Å². The molecule has 50 heavy (non-hydrogen) atoms. The van der Waals surface area contributed by atoms with Gasteiger partial charge in [-0.3, -0.25) is 14.6 Å². The fourth-order valence-corrected chi connectivity index (χ4v) is 6.04. The van der Waals surface area contributed by atoms with Crippen LogP contribution in [0.3, 0.4) is 0 Å². The molecule has 0 saturated heterocycles. The van der Waals surface area contributed by atoms with Crippen molar-refractivity contribution in [2.45, 2.75) is 36.6 Å². The van der Waals surface area contributed by atoms with Gasteiger partial charge in [-0.25, -0.2) is 13.8 Å². The smallest absolute Gasteiger partial charge is 0.251 e. The van der Waals surface area contributed by atoms with E-state index >= 15 is 0 Å². The van der Waals surface area contributed by atoms with Crippen LogP contribution in [0, 0.1) is 5.82 Å². The normalized spacial score (nSPS) is 18.5. The highest BCUT2D eigenvalue weighted by atomic mass is 35.5. The number of methoxy groups -OCH3 is 2. The molecule has 4 aromatic rings. The van der Waals surface area contributed by atoms with Gasteiger partial charge in [0, 0.05) is 41.3 Å². The Labute approximate surface area is 291 Å². The second kappa shape index (κ2) is 12.9. The van der Waals surface area contributed by atoms with Crippen molar-refractivity contribution in [1.82, 2.24) is 10.3 Å². The number of pyridine rings is 1. The molecule has 1 saturated carbocycles. The van der Waals surface area contributed by atoms with Crippen molar-refractivity contribution in [3.8, 4) is 28.5 Å². The predicted molar refractivity (Wildman–Crippen MR) is 183 cm³/mol. The van der Waals surface area contributed by atoms with Crippen molar-refractivity contribution < 1.29 is 37.7 Å². The summed E-state index contributed by atoms with van der Waals surface area (Å²) in [7, 11) is 2.64. The van der Waals surface area contributed by atoms with E-state index in [2.05, 4.69) is 10.3 Å². The Balaban J connectivity index is 1.47. The average molecular weight is 706 g/mol. The number of primary amides is 1. The summed E-state index contributed by atoms with van der Waals surface area (Å²) >= 11 is 6.62. The van der Waals surface area contributed by atoms with Crippen LogP contribution in [0.15, 0.2) is 65.7 Å². The molecular weight excluding hydrogens is 672 g/mol. The number of rotatable bonds is 11. The molecule has 3 aromatic carbocycles. The highest BCUT2D eigenvalue weighted by Gasteiger charge is 2.46. The molecule has 1 aliphatic heterocycles. The molecule has 0 bridgehead atoms. The van der Waals surface area contributed by atoms with Crippen molar-refractivity contribution in [1.29, 1.82) is 0 Å². The minimum atomic E-state index is -2.03. The minimum absolute atomic E-state index is 0.00419. The molecule has 0 radical (unpaired) electrons. The number of alkyl halides is 1. The number of amides is 2. The van der Waals surface area contributed by atoms with Gasteiger partial charge in [0.2, 0.25) is 5.91 Å². The first kappa shape index (κ1) is 34.6. The molecule has 6 rings (SSSR count). The van der Waals surface area contributed by atoms with Crippen molar-refractivity contribution in [3.63, 3.8) is 0 Å². The molecule has 0 unspecified atom stereocenters. The standard InChI is InChI=1S/C36H34ClF2N5O6/c1-34(33(41)46)18-50-30-23(34)15-26(44-29(30)22-9-10-24(38)31(49-3)27(22)37)36(47,21-7-5-4-6-8-21)17-42-32(45)19-13-20(16-43-35(39)11-12-35)28(40)25(14-19)48-2/h4-10,13-16,47H,11-12,17-18,40H2,1-3H3,(H2,41,46)(H,42,45)/b43-16+/t34-,36+/m0/s1. The molecule has 2 heterocycles. The second-order valence-corrected chi connectivity index (χ2v) is 12.8. The van der Waals surface area contributed by atoms with Gasteiger partial charge < -0.3 is 36.1 Å². The number of nitrogens with one attached hydrogen (secondary N) is 1. The molecule has 2 aliphatic rings. The van der Waals surface area contributed by atoms with Gasteiger partial charge in [0.15, 0.2) is 17.4 Å². The van der Waals surface area contributed by atoms with E-state index in [1.807, 2.05) is 0 Å². The summed E-state index contributed by atoms with van der Waals surface area (Å²) in [5.74, 6) is -3.61. The van der Waals surface area contributed by atoms with E-state index < -0.39 is 41.0 Å². The van der Waals surface area contributed by atoms with Crippen LogP contribution in [-0.2, 0) is 15.8 Å². The predicted octanol–water partition coefficient (Wildman–Crippen LogP) is 4.82. The number of aliphatic hydroxyl groups is 1. The van der Waals surface area contributed by atoms with E-state index in [1.54, 1.807) is 37.3 Å². The third-order valence-corrected chi connectivity index (χ3v) is 9.43. The maximum atomic E-state index is 14.6. The largest absolute Gasteiger partial charge is 0.495 e. The highest BCUT2D eigenvalue weighted by Crippen LogP contribution is 2.49.